The lowest BCUT2D eigenvalue weighted by atomic mass is 9.54. The Balaban J connectivity index is 1.37. The van der Waals surface area contributed by atoms with Crippen molar-refractivity contribution >= 4 is 19.4 Å². The molecule has 2 aromatic rings. The number of halogens is 1. The standard InChI is InChI=1S/C25H28ClO6P/c26-25-12-17-9-19(13-25)23(20(10-17)14-25)15-31-24(16-30-21-6-2-1-3-7-21)18-5-4-8-22(11-18)32-33(27,28)29/h1-8,11,15,17,19-20,24H,9-10,12-14,16H2,(H2,27,28,29). The normalized spacial score (nSPS) is 28.9. The third-order valence-corrected chi connectivity index (χ3v) is 7.94. The van der Waals surface area contributed by atoms with Crippen LogP contribution in [0.15, 0.2) is 66.4 Å². The van der Waals surface area contributed by atoms with Gasteiger partial charge in [-0.3, -0.25) is 9.79 Å². The monoisotopic (exact) mass is 490 g/mol. The average Bonchev–Trinajstić information content (AvgIpc) is 2.74. The van der Waals surface area contributed by atoms with Crippen molar-refractivity contribution in [1.82, 2.24) is 0 Å². The zero-order valence-corrected chi connectivity index (χ0v) is 19.8. The summed E-state index contributed by atoms with van der Waals surface area (Å²) in [7, 11) is -4.66. The molecule has 3 atom stereocenters. The summed E-state index contributed by atoms with van der Waals surface area (Å²) in [4.78, 5) is 18.3. The van der Waals surface area contributed by atoms with Crippen molar-refractivity contribution in [3.63, 3.8) is 0 Å². The third-order valence-electron chi connectivity index (χ3n) is 7.02. The quantitative estimate of drug-likeness (QED) is 0.268. The predicted octanol–water partition coefficient (Wildman–Crippen LogP) is 6.00. The number of phosphoric acid groups is 1. The average molecular weight is 491 g/mol. The van der Waals surface area contributed by atoms with E-state index in [9.17, 15) is 14.4 Å². The molecule has 0 amide bonds. The molecule has 0 radical (unpaired) electrons. The number of ether oxygens (including phenoxy) is 2. The van der Waals surface area contributed by atoms with Crippen molar-refractivity contribution < 1.29 is 28.3 Å². The highest BCUT2D eigenvalue weighted by Crippen LogP contribution is 2.60. The first-order valence-corrected chi connectivity index (χ1v) is 13.2. The van der Waals surface area contributed by atoms with Gasteiger partial charge in [-0.2, -0.15) is 0 Å². The molecule has 0 heterocycles. The first-order valence-electron chi connectivity index (χ1n) is 11.3. The Morgan fingerprint density at radius 1 is 1.03 bits per heavy atom. The van der Waals surface area contributed by atoms with Crippen LogP contribution in [-0.4, -0.2) is 21.3 Å². The summed E-state index contributed by atoms with van der Waals surface area (Å²) in [5, 5.41) is 0. The van der Waals surface area contributed by atoms with Gasteiger partial charge in [0.25, 0.3) is 0 Å². The molecule has 4 aliphatic carbocycles. The van der Waals surface area contributed by atoms with Gasteiger partial charge in [-0.25, -0.2) is 4.57 Å². The van der Waals surface area contributed by atoms with E-state index in [0.717, 1.165) is 30.9 Å². The Morgan fingerprint density at radius 2 is 1.73 bits per heavy atom. The summed E-state index contributed by atoms with van der Waals surface area (Å²) in [5.41, 5.74) is 2.06. The van der Waals surface area contributed by atoms with Crippen molar-refractivity contribution in [2.24, 2.45) is 17.8 Å². The van der Waals surface area contributed by atoms with Gasteiger partial charge >= 0.3 is 7.82 Å². The number of benzene rings is 2. The van der Waals surface area contributed by atoms with Crippen molar-refractivity contribution in [3.8, 4) is 11.5 Å². The van der Waals surface area contributed by atoms with Crippen LogP contribution in [0.1, 0.15) is 43.8 Å². The summed E-state index contributed by atoms with van der Waals surface area (Å²) >= 11 is 6.88. The summed E-state index contributed by atoms with van der Waals surface area (Å²) in [6.45, 7) is 0.241. The van der Waals surface area contributed by atoms with Crippen LogP contribution in [0.4, 0.5) is 0 Å². The van der Waals surface area contributed by atoms with E-state index >= 15 is 0 Å². The molecule has 0 spiro atoms. The minimum Gasteiger partial charge on any atom is -0.490 e. The minimum absolute atomic E-state index is 0.0438. The topological polar surface area (TPSA) is 85.2 Å². The van der Waals surface area contributed by atoms with Crippen LogP contribution in [0, 0.1) is 17.8 Å². The SMILES string of the molecule is O=P(O)(O)Oc1cccc(C(COc2ccccc2)OC=C2C3CC4CC2CC(Cl)(C4)C3)c1. The smallest absolute Gasteiger partial charge is 0.490 e. The van der Waals surface area contributed by atoms with Crippen LogP contribution in [0.25, 0.3) is 0 Å². The van der Waals surface area contributed by atoms with Crippen molar-refractivity contribution in [1.29, 1.82) is 0 Å². The lowest BCUT2D eigenvalue weighted by molar-refractivity contribution is 0.0593. The Bertz CT molecular complexity index is 1050. The molecule has 176 valence electrons. The molecule has 2 aromatic carbocycles. The van der Waals surface area contributed by atoms with E-state index in [1.807, 2.05) is 42.7 Å². The summed E-state index contributed by atoms with van der Waals surface area (Å²) in [6.07, 6.45) is 6.94. The molecule has 3 unspecified atom stereocenters. The Kier molecular flexibility index (Phi) is 6.21. The second-order valence-electron chi connectivity index (χ2n) is 9.52. The lowest BCUT2D eigenvalue weighted by Gasteiger charge is -2.55. The maximum atomic E-state index is 11.3. The molecule has 4 aliphatic rings. The molecule has 6 nitrogen and oxygen atoms in total. The van der Waals surface area contributed by atoms with Crippen LogP contribution in [0.5, 0.6) is 11.5 Å². The molecule has 33 heavy (non-hydrogen) atoms. The highest BCUT2D eigenvalue weighted by Gasteiger charge is 2.52. The van der Waals surface area contributed by atoms with Crippen LogP contribution >= 0.6 is 19.4 Å². The van der Waals surface area contributed by atoms with E-state index in [4.69, 9.17) is 25.6 Å². The fourth-order valence-corrected chi connectivity index (χ4v) is 6.87. The van der Waals surface area contributed by atoms with Gasteiger partial charge in [-0.05, 0) is 85.3 Å². The molecule has 4 fully saturated rings. The van der Waals surface area contributed by atoms with Gasteiger partial charge in [0.1, 0.15) is 18.1 Å². The number of rotatable bonds is 8. The van der Waals surface area contributed by atoms with Gasteiger partial charge in [0, 0.05) is 4.87 Å². The van der Waals surface area contributed by atoms with Crippen LogP contribution in [-0.2, 0) is 9.30 Å². The van der Waals surface area contributed by atoms with Gasteiger partial charge in [-0.1, -0.05) is 30.3 Å². The maximum Gasteiger partial charge on any atom is 0.524 e. The van der Waals surface area contributed by atoms with E-state index < -0.39 is 13.9 Å². The van der Waals surface area contributed by atoms with Gasteiger partial charge < -0.3 is 14.0 Å². The molecule has 8 heteroatoms. The zero-order chi connectivity index (χ0) is 23.1. The van der Waals surface area contributed by atoms with Crippen LogP contribution in [0.3, 0.4) is 0 Å². The van der Waals surface area contributed by atoms with Gasteiger partial charge in [-0.15, -0.1) is 11.6 Å². The first kappa shape index (κ1) is 22.8. The number of hydrogen-bond acceptors (Lipinski definition) is 4. The summed E-state index contributed by atoms with van der Waals surface area (Å²) in [5.74, 6) is 2.46. The maximum absolute atomic E-state index is 11.3. The van der Waals surface area contributed by atoms with Crippen molar-refractivity contribution in [2.75, 3.05) is 6.61 Å². The van der Waals surface area contributed by atoms with Crippen LogP contribution in [0.2, 0.25) is 0 Å². The van der Waals surface area contributed by atoms with E-state index in [2.05, 4.69) is 0 Å². The largest absolute Gasteiger partial charge is 0.524 e. The second-order valence-corrected chi connectivity index (χ2v) is 11.5. The molecule has 4 bridgehead atoms. The van der Waals surface area contributed by atoms with Gasteiger partial charge in [0.05, 0.1) is 6.26 Å². The van der Waals surface area contributed by atoms with Gasteiger partial charge in [0.15, 0.2) is 6.10 Å². The second kappa shape index (κ2) is 8.99. The molecule has 4 saturated carbocycles. The Labute approximate surface area is 198 Å². The number of hydrogen-bond donors (Lipinski definition) is 2. The Hall–Kier alpha value is -1.98. The van der Waals surface area contributed by atoms with Crippen molar-refractivity contribution in [3.05, 3.63) is 72.0 Å². The number of phosphoric ester groups is 1. The van der Waals surface area contributed by atoms with Crippen LogP contribution < -0.4 is 9.26 Å². The fourth-order valence-electron chi connectivity index (χ4n) is 5.89. The fraction of sp³-hybridized carbons (Fsp3) is 0.440. The first-order chi connectivity index (χ1) is 15.8. The molecular weight excluding hydrogens is 463 g/mol. The minimum atomic E-state index is -4.66. The van der Waals surface area contributed by atoms with Gasteiger partial charge in [0.2, 0.25) is 0 Å². The highest BCUT2D eigenvalue weighted by atomic mass is 35.5. The zero-order valence-electron chi connectivity index (χ0n) is 18.2. The number of allylic oxidation sites excluding steroid dienone is 1. The predicted molar refractivity (Wildman–Crippen MR) is 125 cm³/mol. The van der Waals surface area contributed by atoms with E-state index in [1.165, 1.54) is 24.5 Å². The molecule has 0 saturated heterocycles. The van der Waals surface area contributed by atoms with E-state index in [-0.39, 0.29) is 17.2 Å². The molecule has 2 N–H and O–H groups in total. The molecule has 0 aliphatic heterocycles. The summed E-state index contributed by atoms with van der Waals surface area (Å²) in [6, 6.07) is 16.1. The molecular formula is C25H28ClO6P. The van der Waals surface area contributed by atoms with E-state index in [0.29, 0.717) is 17.4 Å². The molecule has 0 aromatic heterocycles. The number of alkyl halides is 1. The van der Waals surface area contributed by atoms with Crippen molar-refractivity contribution in [2.45, 2.75) is 43.1 Å². The summed E-state index contributed by atoms with van der Waals surface area (Å²) < 4.78 is 28.3. The number of para-hydroxylation sites is 1. The highest BCUT2D eigenvalue weighted by molar-refractivity contribution is 7.46. The lowest BCUT2D eigenvalue weighted by Crippen LogP contribution is -2.48. The van der Waals surface area contributed by atoms with E-state index in [1.54, 1.807) is 12.1 Å². The molecule has 6 rings (SSSR count). The Morgan fingerprint density at radius 3 is 2.39 bits per heavy atom. The third kappa shape index (κ3) is 5.41.